The van der Waals surface area contributed by atoms with Crippen molar-refractivity contribution >= 4 is 28.2 Å². The molecule has 2 N–H and O–H groups in total. The average Bonchev–Trinajstić information content (AvgIpc) is 2.58. The molecular formula is C19H19N3O2. The zero-order valence-corrected chi connectivity index (χ0v) is 13.9. The largest absolute Gasteiger partial charge is 0.387 e. The van der Waals surface area contributed by atoms with E-state index < -0.39 is 5.91 Å². The summed E-state index contributed by atoms with van der Waals surface area (Å²) in [5.74, 6) is -0.420. The fourth-order valence-corrected chi connectivity index (χ4v) is 2.94. The minimum absolute atomic E-state index is 0.116. The summed E-state index contributed by atoms with van der Waals surface area (Å²) in [5, 5.41) is 6.71. The third-order valence-corrected chi connectivity index (χ3v) is 4.14. The number of rotatable bonds is 3. The number of carbonyl (C=O) groups is 1. The molecular weight excluding hydrogens is 302 g/mol. The van der Waals surface area contributed by atoms with Crippen LogP contribution in [0.3, 0.4) is 0 Å². The highest BCUT2D eigenvalue weighted by Crippen LogP contribution is 2.28. The Kier molecular flexibility index (Phi) is 4.08. The second-order valence-corrected chi connectivity index (χ2v) is 5.65. The lowest BCUT2D eigenvalue weighted by Gasteiger charge is -2.16. The average molecular weight is 321 g/mol. The van der Waals surface area contributed by atoms with E-state index in [2.05, 4.69) is 10.6 Å². The molecule has 122 valence electrons. The van der Waals surface area contributed by atoms with Crippen LogP contribution in [0.1, 0.15) is 15.9 Å². The van der Waals surface area contributed by atoms with Gasteiger partial charge in [0.2, 0.25) is 0 Å². The summed E-state index contributed by atoms with van der Waals surface area (Å²) in [6, 6.07) is 14.8. The number of nitrogens with zero attached hydrogens (tertiary/aromatic N) is 1. The number of fused-ring (bicyclic) bond motifs is 1. The highest BCUT2D eigenvalue weighted by Gasteiger charge is 2.21. The predicted octanol–water partition coefficient (Wildman–Crippen LogP) is 3.14. The van der Waals surface area contributed by atoms with E-state index in [4.69, 9.17) is 0 Å². The second-order valence-electron chi connectivity index (χ2n) is 5.65. The maximum absolute atomic E-state index is 12.8. The lowest BCUT2D eigenvalue weighted by atomic mass is 10.0. The Morgan fingerprint density at radius 2 is 1.75 bits per heavy atom. The van der Waals surface area contributed by atoms with Gasteiger partial charge in [-0.05, 0) is 30.7 Å². The quantitative estimate of drug-likeness (QED) is 0.779. The van der Waals surface area contributed by atoms with Crippen LogP contribution in [0.4, 0.5) is 11.4 Å². The van der Waals surface area contributed by atoms with Crippen LogP contribution in [0, 0.1) is 6.92 Å². The van der Waals surface area contributed by atoms with Crippen LogP contribution in [-0.2, 0) is 7.05 Å². The molecule has 2 aromatic carbocycles. The van der Waals surface area contributed by atoms with Gasteiger partial charge in [-0.3, -0.25) is 9.59 Å². The molecule has 0 aliphatic heterocycles. The van der Waals surface area contributed by atoms with E-state index in [1.54, 1.807) is 26.2 Å². The molecule has 1 amide bonds. The summed E-state index contributed by atoms with van der Waals surface area (Å²) >= 11 is 0. The SMILES string of the molecule is CNc1c(C(=O)Nc2ccccc2)c(=O)n(C)c2cccc(C)c12. The monoisotopic (exact) mass is 321 g/mol. The molecule has 0 fully saturated rings. The van der Waals surface area contributed by atoms with Crippen molar-refractivity contribution in [3.8, 4) is 0 Å². The van der Waals surface area contributed by atoms with E-state index in [9.17, 15) is 9.59 Å². The van der Waals surface area contributed by atoms with Gasteiger partial charge in [-0.2, -0.15) is 0 Å². The molecule has 3 rings (SSSR count). The van der Waals surface area contributed by atoms with Gasteiger partial charge in [0.15, 0.2) is 0 Å². The molecule has 3 aromatic rings. The van der Waals surface area contributed by atoms with E-state index in [0.29, 0.717) is 11.4 Å². The third kappa shape index (κ3) is 2.54. The molecule has 1 aromatic heterocycles. The minimum Gasteiger partial charge on any atom is -0.387 e. The third-order valence-electron chi connectivity index (χ3n) is 4.14. The van der Waals surface area contributed by atoms with Gasteiger partial charge in [-0.25, -0.2) is 0 Å². The highest BCUT2D eigenvalue weighted by atomic mass is 16.2. The van der Waals surface area contributed by atoms with Crippen molar-refractivity contribution in [3.05, 3.63) is 70.0 Å². The van der Waals surface area contributed by atoms with Gasteiger partial charge in [0.05, 0.1) is 11.2 Å². The number of hydrogen-bond acceptors (Lipinski definition) is 3. The molecule has 5 heteroatoms. The van der Waals surface area contributed by atoms with E-state index in [1.807, 2.05) is 43.3 Å². The molecule has 24 heavy (non-hydrogen) atoms. The molecule has 0 aliphatic carbocycles. The summed E-state index contributed by atoms with van der Waals surface area (Å²) in [7, 11) is 3.41. The van der Waals surface area contributed by atoms with E-state index in [1.165, 1.54) is 4.57 Å². The molecule has 0 spiro atoms. The van der Waals surface area contributed by atoms with Crippen molar-refractivity contribution in [3.63, 3.8) is 0 Å². The van der Waals surface area contributed by atoms with Crippen molar-refractivity contribution in [2.45, 2.75) is 6.92 Å². The van der Waals surface area contributed by atoms with Crippen LogP contribution in [0.15, 0.2) is 53.3 Å². The van der Waals surface area contributed by atoms with Gasteiger partial charge in [0, 0.05) is 25.2 Å². The fourth-order valence-electron chi connectivity index (χ4n) is 2.94. The zero-order chi connectivity index (χ0) is 17.3. The Bertz CT molecular complexity index is 975. The van der Waals surface area contributed by atoms with E-state index in [0.717, 1.165) is 16.5 Å². The summed E-state index contributed by atoms with van der Waals surface area (Å²) < 4.78 is 1.52. The fraction of sp³-hybridized carbons (Fsp3) is 0.158. The standard InChI is InChI=1S/C19H19N3O2/c1-12-8-7-11-14-15(12)17(20-2)16(19(24)22(14)3)18(23)21-13-9-5-4-6-10-13/h4-11,20H,1-3H3,(H,21,23). The number of aromatic nitrogens is 1. The molecule has 0 radical (unpaired) electrons. The molecule has 0 unspecified atom stereocenters. The van der Waals surface area contributed by atoms with Crippen LogP contribution in [0.25, 0.3) is 10.9 Å². The topological polar surface area (TPSA) is 63.1 Å². The number of nitrogens with one attached hydrogen (secondary N) is 2. The van der Waals surface area contributed by atoms with Gasteiger partial charge < -0.3 is 15.2 Å². The van der Waals surface area contributed by atoms with Gasteiger partial charge >= 0.3 is 0 Å². The molecule has 0 bridgehead atoms. The van der Waals surface area contributed by atoms with Crippen LogP contribution in [0.2, 0.25) is 0 Å². The first-order chi connectivity index (χ1) is 11.5. The number of benzene rings is 2. The molecule has 0 saturated carbocycles. The van der Waals surface area contributed by atoms with Crippen LogP contribution >= 0.6 is 0 Å². The van der Waals surface area contributed by atoms with Crippen molar-refractivity contribution < 1.29 is 4.79 Å². The molecule has 0 saturated heterocycles. The summed E-state index contributed by atoms with van der Waals surface area (Å²) in [6.45, 7) is 1.96. The van der Waals surface area contributed by atoms with Crippen LogP contribution < -0.4 is 16.2 Å². The number of para-hydroxylation sites is 1. The van der Waals surface area contributed by atoms with Crippen LogP contribution in [-0.4, -0.2) is 17.5 Å². The Morgan fingerprint density at radius 3 is 2.42 bits per heavy atom. The number of anilines is 2. The maximum atomic E-state index is 12.8. The highest BCUT2D eigenvalue weighted by molar-refractivity contribution is 6.13. The summed E-state index contributed by atoms with van der Waals surface area (Å²) in [4.78, 5) is 25.5. The van der Waals surface area contributed by atoms with Crippen molar-refractivity contribution in [1.82, 2.24) is 4.57 Å². The Morgan fingerprint density at radius 1 is 1.04 bits per heavy atom. The second kappa shape index (κ2) is 6.20. The van der Waals surface area contributed by atoms with Crippen LogP contribution in [0.5, 0.6) is 0 Å². The normalized spacial score (nSPS) is 10.6. The number of pyridine rings is 1. The lowest BCUT2D eigenvalue weighted by Crippen LogP contribution is -2.29. The first-order valence-corrected chi connectivity index (χ1v) is 7.71. The zero-order valence-electron chi connectivity index (χ0n) is 13.9. The molecule has 1 heterocycles. The number of hydrogen-bond donors (Lipinski definition) is 2. The van der Waals surface area contributed by atoms with Gasteiger partial charge in [-0.15, -0.1) is 0 Å². The lowest BCUT2D eigenvalue weighted by molar-refractivity contribution is 0.102. The van der Waals surface area contributed by atoms with Crippen molar-refractivity contribution in [2.75, 3.05) is 17.7 Å². The van der Waals surface area contributed by atoms with E-state index in [-0.39, 0.29) is 11.1 Å². The Balaban J connectivity index is 2.24. The first-order valence-electron chi connectivity index (χ1n) is 7.71. The number of aryl methyl sites for hydroxylation is 2. The van der Waals surface area contributed by atoms with E-state index >= 15 is 0 Å². The predicted molar refractivity (Wildman–Crippen MR) is 97.9 cm³/mol. The summed E-state index contributed by atoms with van der Waals surface area (Å²) in [5.41, 5.74) is 2.79. The van der Waals surface area contributed by atoms with Gasteiger partial charge in [0.1, 0.15) is 5.56 Å². The maximum Gasteiger partial charge on any atom is 0.265 e. The Hall–Kier alpha value is -3.08. The number of carbonyl (C=O) groups excluding carboxylic acids is 1. The van der Waals surface area contributed by atoms with Crippen molar-refractivity contribution in [2.24, 2.45) is 7.05 Å². The minimum atomic E-state index is -0.420. The number of amides is 1. The smallest absolute Gasteiger partial charge is 0.265 e. The molecule has 0 atom stereocenters. The molecule has 0 aliphatic rings. The Labute approximate surface area is 139 Å². The van der Waals surface area contributed by atoms with Gasteiger partial charge in [0.25, 0.3) is 11.5 Å². The first kappa shape index (κ1) is 15.8. The molecule has 5 nitrogen and oxygen atoms in total. The van der Waals surface area contributed by atoms with Gasteiger partial charge in [-0.1, -0.05) is 30.3 Å². The summed E-state index contributed by atoms with van der Waals surface area (Å²) in [6.07, 6.45) is 0. The van der Waals surface area contributed by atoms with Crippen molar-refractivity contribution in [1.29, 1.82) is 0 Å².